The monoisotopic (exact) mass is 397 g/mol. The molecule has 27 heavy (non-hydrogen) atoms. The van der Waals surface area contributed by atoms with Crippen molar-refractivity contribution in [3.63, 3.8) is 0 Å². The number of allylic oxidation sites excluding steroid dienone is 2. The highest BCUT2D eigenvalue weighted by molar-refractivity contribution is 6.30. The molecule has 0 aromatic rings. The maximum Gasteiger partial charge on any atom is 0.407 e. The van der Waals surface area contributed by atoms with Crippen molar-refractivity contribution in [2.24, 2.45) is 5.92 Å². The average molecular weight is 398 g/mol. The van der Waals surface area contributed by atoms with Crippen LogP contribution in [0.15, 0.2) is 22.3 Å². The standard InChI is InChI=1S/C21H32ClNO4/c1-12-11-16(22)18-17(13(12)2)25-21(6,26-18)14-7-9-15(10-8-14)23-19(24)27-20(3,4)5/h11,14-15,17-18H,7-10H2,1-6H3,(H,23,24)/t14?,15?,17?,18?,21-/m0/s1. The van der Waals surface area contributed by atoms with Crippen LogP contribution in [-0.2, 0) is 14.2 Å². The Morgan fingerprint density at radius 1 is 1.19 bits per heavy atom. The Kier molecular flexibility index (Phi) is 5.68. The summed E-state index contributed by atoms with van der Waals surface area (Å²) in [5, 5.41) is 3.70. The molecule has 2 fully saturated rings. The van der Waals surface area contributed by atoms with Gasteiger partial charge in [0.25, 0.3) is 0 Å². The predicted octanol–water partition coefficient (Wildman–Crippen LogP) is 5.04. The molecule has 152 valence electrons. The zero-order chi connectivity index (χ0) is 20.0. The van der Waals surface area contributed by atoms with E-state index in [-0.39, 0.29) is 30.3 Å². The van der Waals surface area contributed by atoms with E-state index in [4.69, 9.17) is 25.8 Å². The van der Waals surface area contributed by atoms with Gasteiger partial charge in [0.1, 0.15) is 17.8 Å². The lowest BCUT2D eigenvalue weighted by molar-refractivity contribution is -0.200. The molecule has 2 aliphatic carbocycles. The summed E-state index contributed by atoms with van der Waals surface area (Å²) in [4.78, 5) is 12.0. The Morgan fingerprint density at radius 2 is 1.78 bits per heavy atom. The highest BCUT2D eigenvalue weighted by atomic mass is 35.5. The Morgan fingerprint density at radius 3 is 2.37 bits per heavy atom. The van der Waals surface area contributed by atoms with Crippen molar-refractivity contribution >= 4 is 17.7 Å². The summed E-state index contributed by atoms with van der Waals surface area (Å²) in [7, 11) is 0. The molecule has 1 amide bonds. The predicted molar refractivity (Wildman–Crippen MR) is 106 cm³/mol. The molecule has 0 aromatic carbocycles. The van der Waals surface area contributed by atoms with Crippen molar-refractivity contribution in [3.05, 3.63) is 22.3 Å². The summed E-state index contributed by atoms with van der Waals surface area (Å²) < 4.78 is 18.1. The van der Waals surface area contributed by atoms with Gasteiger partial charge in [0, 0.05) is 12.0 Å². The number of fused-ring (bicyclic) bond motifs is 1. The fourth-order valence-corrected chi connectivity index (χ4v) is 4.55. The maximum absolute atomic E-state index is 12.0. The summed E-state index contributed by atoms with van der Waals surface area (Å²) in [6, 6.07) is 0.135. The van der Waals surface area contributed by atoms with E-state index in [0.29, 0.717) is 5.03 Å². The SMILES string of the molecule is CC1=C(C)C2O[C@](C)(C3CCC(NC(=O)OC(C)(C)C)CC3)OC2C(Cl)=C1. The van der Waals surface area contributed by atoms with Crippen LogP contribution in [0.4, 0.5) is 4.79 Å². The molecule has 2 unspecified atom stereocenters. The van der Waals surface area contributed by atoms with E-state index in [2.05, 4.69) is 19.2 Å². The normalized spacial score (nSPS) is 36.9. The van der Waals surface area contributed by atoms with Gasteiger partial charge in [0.15, 0.2) is 5.79 Å². The first-order valence-electron chi connectivity index (χ1n) is 9.88. The van der Waals surface area contributed by atoms with Crippen LogP contribution < -0.4 is 5.32 Å². The van der Waals surface area contributed by atoms with E-state index in [1.54, 1.807) is 0 Å². The molecule has 1 saturated heterocycles. The fraction of sp³-hybridized carbons (Fsp3) is 0.762. The van der Waals surface area contributed by atoms with Gasteiger partial charge < -0.3 is 19.5 Å². The number of nitrogens with one attached hydrogen (secondary N) is 1. The van der Waals surface area contributed by atoms with Crippen LogP contribution in [0.5, 0.6) is 0 Å². The molecule has 0 spiro atoms. The smallest absolute Gasteiger partial charge is 0.407 e. The van der Waals surface area contributed by atoms with Crippen molar-refractivity contribution in [2.45, 2.75) is 96.9 Å². The number of alkyl carbamates (subject to hydrolysis) is 1. The topological polar surface area (TPSA) is 56.8 Å². The van der Waals surface area contributed by atoms with Crippen LogP contribution in [-0.4, -0.2) is 35.7 Å². The van der Waals surface area contributed by atoms with Gasteiger partial charge in [0.05, 0.1) is 5.03 Å². The van der Waals surface area contributed by atoms with E-state index in [9.17, 15) is 4.79 Å². The summed E-state index contributed by atoms with van der Waals surface area (Å²) in [6.45, 7) is 11.8. The molecule has 0 bridgehead atoms. The lowest BCUT2D eigenvalue weighted by atomic mass is 9.81. The molecule has 6 heteroatoms. The summed E-state index contributed by atoms with van der Waals surface area (Å²) >= 11 is 6.44. The minimum atomic E-state index is -0.647. The minimum absolute atomic E-state index is 0.106. The summed E-state index contributed by atoms with van der Waals surface area (Å²) in [5.41, 5.74) is 1.86. The van der Waals surface area contributed by atoms with E-state index >= 15 is 0 Å². The molecule has 3 aliphatic rings. The molecular weight excluding hydrogens is 366 g/mol. The number of hydrogen-bond acceptors (Lipinski definition) is 4. The third kappa shape index (κ3) is 4.52. The molecule has 1 N–H and O–H groups in total. The molecule has 1 heterocycles. The van der Waals surface area contributed by atoms with Crippen LogP contribution in [0.1, 0.15) is 67.2 Å². The van der Waals surface area contributed by atoms with Gasteiger partial charge in [0.2, 0.25) is 0 Å². The van der Waals surface area contributed by atoms with E-state index in [1.165, 1.54) is 5.57 Å². The van der Waals surface area contributed by atoms with Crippen molar-refractivity contribution < 1.29 is 19.0 Å². The second-order valence-corrected chi connectivity index (χ2v) is 9.62. The molecule has 1 saturated carbocycles. The first-order valence-corrected chi connectivity index (χ1v) is 10.3. The second-order valence-electron chi connectivity index (χ2n) is 9.18. The van der Waals surface area contributed by atoms with Gasteiger partial charge in [-0.25, -0.2) is 4.79 Å². The minimum Gasteiger partial charge on any atom is -0.444 e. The van der Waals surface area contributed by atoms with Crippen molar-refractivity contribution in [2.75, 3.05) is 0 Å². The Hall–Kier alpha value is -1.04. The van der Waals surface area contributed by atoms with Gasteiger partial charge in [-0.3, -0.25) is 0 Å². The molecule has 3 rings (SSSR count). The van der Waals surface area contributed by atoms with E-state index in [0.717, 1.165) is 31.3 Å². The van der Waals surface area contributed by atoms with Crippen LogP contribution in [0, 0.1) is 5.92 Å². The number of carbonyl (C=O) groups is 1. The molecule has 0 radical (unpaired) electrons. The lowest BCUT2D eigenvalue weighted by Crippen LogP contribution is -2.45. The largest absolute Gasteiger partial charge is 0.444 e. The molecule has 5 nitrogen and oxygen atoms in total. The van der Waals surface area contributed by atoms with Gasteiger partial charge in [-0.2, -0.15) is 0 Å². The maximum atomic E-state index is 12.0. The van der Waals surface area contributed by atoms with E-state index < -0.39 is 11.4 Å². The van der Waals surface area contributed by atoms with Crippen molar-refractivity contribution in [1.82, 2.24) is 5.32 Å². The van der Waals surface area contributed by atoms with Crippen LogP contribution >= 0.6 is 11.6 Å². The molecule has 3 atom stereocenters. The second kappa shape index (κ2) is 7.41. The van der Waals surface area contributed by atoms with Crippen LogP contribution in [0.2, 0.25) is 0 Å². The molecule has 0 aromatic heterocycles. The zero-order valence-electron chi connectivity index (χ0n) is 17.2. The highest BCUT2D eigenvalue weighted by Gasteiger charge is 2.52. The summed E-state index contributed by atoms with van der Waals surface area (Å²) in [6.07, 6.45) is 4.96. The van der Waals surface area contributed by atoms with Crippen LogP contribution in [0.3, 0.4) is 0 Å². The Labute approximate surface area is 167 Å². The Bertz CT molecular complexity index is 658. The average Bonchev–Trinajstić information content (AvgIpc) is 2.91. The van der Waals surface area contributed by atoms with Crippen molar-refractivity contribution in [3.8, 4) is 0 Å². The molecular formula is C21H32ClNO4. The lowest BCUT2D eigenvalue weighted by Gasteiger charge is -2.38. The third-order valence-electron chi connectivity index (χ3n) is 5.86. The third-order valence-corrected chi connectivity index (χ3v) is 6.19. The van der Waals surface area contributed by atoms with Gasteiger partial charge >= 0.3 is 6.09 Å². The highest BCUT2D eigenvalue weighted by Crippen LogP contribution is 2.47. The van der Waals surface area contributed by atoms with Crippen molar-refractivity contribution in [1.29, 1.82) is 0 Å². The number of rotatable bonds is 2. The number of ether oxygens (including phenoxy) is 3. The van der Waals surface area contributed by atoms with Gasteiger partial charge in [-0.15, -0.1) is 0 Å². The quantitative estimate of drug-likeness (QED) is 0.708. The van der Waals surface area contributed by atoms with Gasteiger partial charge in [-0.1, -0.05) is 11.6 Å². The first-order chi connectivity index (χ1) is 12.5. The number of amides is 1. The zero-order valence-corrected chi connectivity index (χ0v) is 18.0. The number of hydrogen-bond donors (Lipinski definition) is 1. The number of halogens is 1. The van der Waals surface area contributed by atoms with Gasteiger partial charge in [-0.05, 0) is 84.4 Å². The summed E-state index contributed by atoms with van der Waals surface area (Å²) in [5.74, 6) is -0.371. The number of carbonyl (C=O) groups excluding carboxylic acids is 1. The fourth-order valence-electron chi connectivity index (χ4n) is 4.23. The van der Waals surface area contributed by atoms with E-state index in [1.807, 2.05) is 33.8 Å². The van der Waals surface area contributed by atoms with Crippen LogP contribution in [0.25, 0.3) is 0 Å². The first kappa shape index (κ1) is 20.7. The molecule has 1 aliphatic heterocycles. The Balaban J connectivity index is 1.57.